The lowest BCUT2D eigenvalue weighted by Gasteiger charge is -1.94. The van der Waals surface area contributed by atoms with Gasteiger partial charge < -0.3 is 5.32 Å². The normalized spacial score (nSPS) is 10.1. The average Bonchev–Trinajstić information content (AvgIpc) is 2.41. The SMILES string of the molecule is CNCCSc1ncn[nH]1. The van der Waals surface area contributed by atoms with Crippen LogP contribution in [0.3, 0.4) is 0 Å². The zero-order chi connectivity index (χ0) is 7.23. The van der Waals surface area contributed by atoms with Gasteiger partial charge in [-0.25, -0.2) is 4.98 Å². The lowest BCUT2D eigenvalue weighted by Crippen LogP contribution is -2.09. The molecule has 0 aliphatic rings. The fraction of sp³-hybridized carbons (Fsp3) is 0.600. The van der Waals surface area contributed by atoms with Crippen LogP contribution in [0.4, 0.5) is 0 Å². The number of rotatable bonds is 4. The molecule has 0 aliphatic carbocycles. The molecule has 0 aliphatic heterocycles. The van der Waals surface area contributed by atoms with Crippen molar-refractivity contribution in [3.8, 4) is 0 Å². The summed E-state index contributed by atoms with van der Waals surface area (Å²) in [5.41, 5.74) is 0. The molecule has 5 heteroatoms. The van der Waals surface area contributed by atoms with E-state index < -0.39 is 0 Å². The Balaban J connectivity index is 2.15. The van der Waals surface area contributed by atoms with Gasteiger partial charge in [-0.3, -0.25) is 5.10 Å². The first-order valence-electron chi connectivity index (χ1n) is 3.06. The van der Waals surface area contributed by atoms with E-state index in [1.54, 1.807) is 11.8 Å². The summed E-state index contributed by atoms with van der Waals surface area (Å²) in [6, 6.07) is 0. The fourth-order valence-electron chi connectivity index (χ4n) is 0.514. The number of aromatic nitrogens is 3. The van der Waals surface area contributed by atoms with Crippen LogP contribution >= 0.6 is 11.8 Å². The van der Waals surface area contributed by atoms with E-state index in [1.807, 2.05) is 7.05 Å². The molecule has 0 amide bonds. The summed E-state index contributed by atoms with van der Waals surface area (Å²) in [4.78, 5) is 3.96. The van der Waals surface area contributed by atoms with Gasteiger partial charge in [0.25, 0.3) is 0 Å². The van der Waals surface area contributed by atoms with Crippen molar-refractivity contribution in [2.24, 2.45) is 0 Å². The maximum absolute atomic E-state index is 3.96. The van der Waals surface area contributed by atoms with Gasteiger partial charge in [-0.2, -0.15) is 5.10 Å². The molecule has 1 rings (SSSR count). The number of hydrogen-bond acceptors (Lipinski definition) is 4. The van der Waals surface area contributed by atoms with E-state index in [0.29, 0.717) is 0 Å². The van der Waals surface area contributed by atoms with Crippen LogP contribution in [0.5, 0.6) is 0 Å². The van der Waals surface area contributed by atoms with Crippen molar-refractivity contribution in [1.29, 1.82) is 0 Å². The molecular weight excluding hydrogens is 148 g/mol. The van der Waals surface area contributed by atoms with Gasteiger partial charge in [0.2, 0.25) is 0 Å². The molecule has 0 fully saturated rings. The molecule has 0 aromatic carbocycles. The van der Waals surface area contributed by atoms with Crippen LogP contribution in [-0.2, 0) is 0 Å². The maximum atomic E-state index is 3.96. The highest BCUT2D eigenvalue weighted by Gasteiger charge is 1.93. The summed E-state index contributed by atoms with van der Waals surface area (Å²) in [5, 5.41) is 10.4. The molecule has 1 aromatic heterocycles. The molecule has 56 valence electrons. The Hall–Kier alpha value is -0.550. The molecule has 0 saturated carbocycles. The monoisotopic (exact) mass is 158 g/mol. The second-order valence-electron chi connectivity index (χ2n) is 1.74. The van der Waals surface area contributed by atoms with Gasteiger partial charge in [0.15, 0.2) is 5.16 Å². The molecule has 4 nitrogen and oxygen atoms in total. The second kappa shape index (κ2) is 4.29. The predicted molar refractivity (Wildman–Crippen MR) is 41.0 cm³/mol. The van der Waals surface area contributed by atoms with E-state index in [9.17, 15) is 0 Å². The molecule has 0 unspecified atom stereocenters. The maximum Gasteiger partial charge on any atom is 0.183 e. The predicted octanol–water partition coefficient (Wildman–Crippen LogP) is 0.116. The number of nitrogens with one attached hydrogen (secondary N) is 2. The average molecular weight is 158 g/mol. The molecule has 0 spiro atoms. The molecular formula is C5H10N4S. The molecule has 0 saturated heterocycles. The largest absolute Gasteiger partial charge is 0.319 e. The zero-order valence-electron chi connectivity index (χ0n) is 5.79. The van der Waals surface area contributed by atoms with E-state index in [1.165, 1.54) is 6.33 Å². The molecule has 1 aromatic rings. The van der Waals surface area contributed by atoms with Crippen LogP contribution in [0.1, 0.15) is 0 Å². The van der Waals surface area contributed by atoms with E-state index >= 15 is 0 Å². The minimum absolute atomic E-state index is 0.884. The summed E-state index contributed by atoms with van der Waals surface area (Å²) in [6.07, 6.45) is 1.52. The summed E-state index contributed by atoms with van der Waals surface area (Å²) < 4.78 is 0. The van der Waals surface area contributed by atoms with E-state index in [4.69, 9.17) is 0 Å². The minimum atomic E-state index is 0.884. The van der Waals surface area contributed by atoms with Crippen molar-refractivity contribution < 1.29 is 0 Å². The summed E-state index contributed by atoms with van der Waals surface area (Å²) in [6.45, 7) is 0.991. The molecule has 0 bridgehead atoms. The van der Waals surface area contributed by atoms with Crippen molar-refractivity contribution in [3.05, 3.63) is 6.33 Å². The zero-order valence-corrected chi connectivity index (χ0v) is 6.61. The van der Waals surface area contributed by atoms with E-state index in [2.05, 4.69) is 20.5 Å². The minimum Gasteiger partial charge on any atom is -0.319 e. The van der Waals surface area contributed by atoms with Gasteiger partial charge in [0, 0.05) is 12.3 Å². The number of aromatic amines is 1. The Kier molecular flexibility index (Phi) is 3.25. The quantitative estimate of drug-likeness (QED) is 0.482. The number of hydrogen-bond donors (Lipinski definition) is 2. The lowest BCUT2D eigenvalue weighted by molar-refractivity contribution is 0.868. The van der Waals surface area contributed by atoms with Crippen LogP contribution in [0.25, 0.3) is 0 Å². The highest BCUT2D eigenvalue weighted by molar-refractivity contribution is 7.99. The van der Waals surface area contributed by atoms with Crippen LogP contribution in [0.2, 0.25) is 0 Å². The summed E-state index contributed by atoms with van der Waals surface area (Å²) in [5.74, 6) is 1.02. The Morgan fingerprint density at radius 2 is 2.70 bits per heavy atom. The van der Waals surface area contributed by atoms with E-state index in [0.717, 1.165) is 17.5 Å². The van der Waals surface area contributed by atoms with Gasteiger partial charge in [0.1, 0.15) is 6.33 Å². The third-order valence-electron chi connectivity index (χ3n) is 0.984. The third-order valence-corrected chi connectivity index (χ3v) is 1.86. The van der Waals surface area contributed by atoms with Crippen molar-refractivity contribution in [3.63, 3.8) is 0 Å². The Morgan fingerprint density at radius 3 is 3.30 bits per heavy atom. The molecule has 0 atom stereocenters. The van der Waals surface area contributed by atoms with Crippen LogP contribution in [0, 0.1) is 0 Å². The Morgan fingerprint density at radius 1 is 1.80 bits per heavy atom. The van der Waals surface area contributed by atoms with Gasteiger partial charge in [0.05, 0.1) is 0 Å². The highest BCUT2D eigenvalue weighted by atomic mass is 32.2. The van der Waals surface area contributed by atoms with Crippen LogP contribution in [-0.4, -0.2) is 34.5 Å². The van der Waals surface area contributed by atoms with Crippen LogP contribution < -0.4 is 5.32 Å². The number of H-pyrrole nitrogens is 1. The standard InChI is InChI=1S/C5H10N4S/c1-6-2-3-10-5-7-4-8-9-5/h4,6H,2-3H2,1H3,(H,7,8,9). The van der Waals surface area contributed by atoms with E-state index in [-0.39, 0.29) is 0 Å². The first-order valence-corrected chi connectivity index (χ1v) is 4.05. The van der Waals surface area contributed by atoms with Crippen molar-refractivity contribution in [2.45, 2.75) is 5.16 Å². The lowest BCUT2D eigenvalue weighted by atomic mass is 10.8. The Labute approximate surface area is 63.8 Å². The summed E-state index contributed by atoms with van der Waals surface area (Å²) >= 11 is 1.66. The molecule has 2 N–H and O–H groups in total. The van der Waals surface area contributed by atoms with Crippen LogP contribution in [0.15, 0.2) is 11.5 Å². The highest BCUT2D eigenvalue weighted by Crippen LogP contribution is 2.08. The molecule has 10 heavy (non-hydrogen) atoms. The first kappa shape index (κ1) is 7.56. The second-order valence-corrected chi connectivity index (χ2v) is 2.83. The van der Waals surface area contributed by atoms with Gasteiger partial charge in [-0.15, -0.1) is 0 Å². The number of thioether (sulfide) groups is 1. The fourth-order valence-corrected chi connectivity index (χ4v) is 1.25. The molecule has 0 radical (unpaired) electrons. The summed E-state index contributed by atoms with van der Waals surface area (Å²) in [7, 11) is 1.93. The van der Waals surface area contributed by atoms with Gasteiger partial charge in [-0.1, -0.05) is 11.8 Å². The van der Waals surface area contributed by atoms with Gasteiger partial charge in [-0.05, 0) is 7.05 Å². The van der Waals surface area contributed by atoms with Gasteiger partial charge >= 0.3 is 0 Å². The smallest absolute Gasteiger partial charge is 0.183 e. The number of nitrogens with zero attached hydrogens (tertiary/aromatic N) is 2. The Bertz CT molecular complexity index is 162. The van der Waals surface area contributed by atoms with Crippen molar-refractivity contribution in [2.75, 3.05) is 19.3 Å². The first-order chi connectivity index (χ1) is 4.93. The topological polar surface area (TPSA) is 53.6 Å². The molecule has 1 heterocycles. The van der Waals surface area contributed by atoms with Crippen molar-refractivity contribution in [1.82, 2.24) is 20.5 Å². The van der Waals surface area contributed by atoms with Crippen molar-refractivity contribution >= 4 is 11.8 Å². The third kappa shape index (κ3) is 2.36.